The standard InChI is InChI=1S/C14H12BrFN2O2/c1-20-13-7-9(16)3-5-12(13)18-14(19)8-2-4-11(17)10(15)6-8/h2-7H,17H2,1H3,(H,18,19). The third-order valence-electron chi connectivity index (χ3n) is 2.67. The zero-order chi connectivity index (χ0) is 14.7. The molecule has 0 radical (unpaired) electrons. The second-order valence-corrected chi connectivity index (χ2v) is 4.89. The molecular formula is C14H12BrFN2O2. The molecule has 0 saturated heterocycles. The number of anilines is 2. The molecule has 0 aromatic heterocycles. The van der Waals surface area contributed by atoms with E-state index in [0.29, 0.717) is 21.4 Å². The Labute approximate surface area is 123 Å². The molecule has 0 atom stereocenters. The van der Waals surface area contributed by atoms with Gasteiger partial charge in [0, 0.05) is 21.8 Å². The zero-order valence-electron chi connectivity index (χ0n) is 10.6. The van der Waals surface area contributed by atoms with Gasteiger partial charge in [-0.2, -0.15) is 0 Å². The molecule has 0 saturated carbocycles. The molecule has 4 nitrogen and oxygen atoms in total. The summed E-state index contributed by atoms with van der Waals surface area (Å²) in [5.41, 5.74) is 7.03. The van der Waals surface area contributed by atoms with Crippen LogP contribution in [0.15, 0.2) is 40.9 Å². The molecule has 2 rings (SSSR count). The quantitative estimate of drug-likeness (QED) is 0.842. The van der Waals surface area contributed by atoms with Gasteiger partial charge in [-0.05, 0) is 46.3 Å². The molecule has 3 N–H and O–H groups in total. The fraction of sp³-hybridized carbons (Fsp3) is 0.0714. The van der Waals surface area contributed by atoms with Crippen LogP contribution in [0.4, 0.5) is 15.8 Å². The normalized spacial score (nSPS) is 10.2. The molecule has 0 heterocycles. The number of benzene rings is 2. The van der Waals surface area contributed by atoms with E-state index < -0.39 is 5.82 Å². The summed E-state index contributed by atoms with van der Waals surface area (Å²) in [6, 6.07) is 8.73. The van der Waals surface area contributed by atoms with Crippen molar-refractivity contribution < 1.29 is 13.9 Å². The van der Waals surface area contributed by atoms with E-state index >= 15 is 0 Å². The van der Waals surface area contributed by atoms with E-state index in [9.17, 15) is 9.18 Å². The van der Waals surface area contributed by atoms with Gasteiger partial charge in [-0.3, -0.25) is 4.79 Å². The fourth-order valence-corrected chi connectivity index (χ4v) is 2.01. The SMILES string of the molecule is COc1cc(F)ccc1NC(=O)c1ccc(N)c(Br)c1. The van der Waals surface area contributed by atoms with E-state index in [1.807, 2.05) is 0 Å². The van der Waals surface area contributed by atoms with Gasteiger partial charge in [0.25, 0.3) is 5.91 Å². The van der Waals surface area contributed by atoms with Gasteiger partial charge >= 0.3 is 0 Å². The monoisotopic (exact) mass is 338 g/mol. The first kappa shape index (κ1) is 14.3. The lowest BCUT2D eigenvalue weighted by Gasteiger charge is -2.10. The van der Waals surface area contributed by atoms with Crippen LogP contribution in [0.2, 0.25) is 0 Å². The van der Waals surface area contributed by atoms with Gasteiger partial charge in [-0.25, -0.2) is 4.39 Å². The highest BCUT2D eigenvalue weighted by molar-refractivity contribution is 9.10. The van der Waals surface area contributed by atoms with Gasteiger partial charge in [0.15, 0.2) is 0 Å². The van der Waals surface area contributed by atoms with Crippen LogP contribution in [0.5, 0.6) is 5.75 Å². The first-order valence-electron chi connectivity index (χ1n) is 5.71. The molecule has 0 aliphatic rings. The van der Waals surface area contributed by atoms with Gasteiger partial charge in [0.2, 0.25) is 0 Å². The van der Waals surface area contributed by atoms with Crippen LogP contribution >= 0.6 is 15.9 Å². The summed E-state index contributed by atoms with van der Waals surface area (Å²) < 4.78 is 18.7. The molecule has 0 unspecified atom stereocenters. The lowest BCUT2D eigenvalue weighted by molar-refractivity contribution is 0.102. The number of hydrogen-bond donors (Lipinski definition) is 2. The molecule has 0 aliphatic carbocycles. The highest BCUT2D eigenvalue weighted by atomic mass is 79.9. The number of nitrogen functional groups attached to an aromatic ring is 1. The van der Waals surface area contributed by atoms with Crippen molar-refractivity contribution >= 4 is 33.2 Å². The molecular weight excluding hydrogens is 327 g/mol. The Morgan fingerprint density at radius 1 is 1.30 bits per heavy atom. The average Bonchev–Trinajstić information content (AvgIpc) is 2.43. The number of hydrogen-bond acceptors (Lipinski definition) is 3. The van der Waals surface area contributed by atoms with Crippen molar-refractivity contribution in [3.63, 3.8) is 0 Å². The maximum Gasteiger partial charge on any atom is 0.255 e. The smallest absolute Gasteiger partial charge is 0.255 e. The summed E-state index contributed by atoms with van der Waals surface area (Å²) >= 11 is 3.26. The average molecular weight is 339 g/mol. The van der Waals surface area contributed by atoms with Gasteiger partial charge in [0.05, 0.1) is 12.8 Å². The van der Waals surface area contributed by atoms with E-state index in [0.717, 1.165) is 0 Å². The van der Waals surface area contributed by atoms with Gasteiger partial charge in [0.1, 0.15) is 11.6 Å². The summed E-state index contributed by atoms with van der Waals surface area (Å²) in [6.45, 7) is 0. The maximum absolute atomic E-state index is 13.1. The molecule has 2 aromatic carbocycles. The van der Waals surface area contributed by atoms with Gasteiger partial charge in [-0.1, -0.05) is 0 Å². The molecule has 104 valence electrons. The molecule has 1 amide bonds. The number of amides is 1. The van der Waals surface area contributed by atoms with E-state index in [4.69, 9.17) is 10.5 Å². The minimum atomic E-state index is -0.435. The van der Waals surface area contributed by atoms with Gasteiger partial charge in [-0.15, -0.1) is 0 Å². The largest absolute Gasteiger partial charge is 0.494 e. The number of rotatable bonds is 3. The molecule has 0 spiro atoms. The minimum Gasteiger partial charge on any atom is -0.494 e. The summed E-state index contributed by atoms with van der Waals surface area (Å²) in [5.74, 6) is -0.515. The lowest BCUT2D eigenvalue weighted by atomic mass is 10.2. The minimum absolute atomic E-state index is 0.257. The first-order chi connectivity index (χ1) is 9.51. The van der Waals surface area contributed by atoms with Crippen molar-refractivity contribution in [2.24, 2.45) is 0 Å². The van der Waals surface area contributed by atoms with Crippen LogP contribution in [-0.2, 0) is 0 Å². The molecule has 2 aromatic rings. The van der Waals surface area contributed by atoms with Crippen molar-refractivity contribution in [3.05, 3.63) is 52.3 Å². The van der Waals surface area contributed by atoms with Crippen LogP contribution in [0.25, 0.3) is 0 Å². The molecule has 0 bridgehead atoms. The van der Waals surface area contributed by atoms with E-state index in [1.165, 1.54) is 25.3 Å². The van der Waals surface area contributed by atoms with Crippen LogP contribution in [-0.4, -0.2) is 13.0 Å². The third kappa shape index (κ3) is 3.08. The maximum atomic E-state index is 13.1. The van der Waals surface area contributed by atoms with Gasteiger partial charge < -0.3 is 15.8 Å². The molecule has 6 heteroatoms. The number of ether oxygens (including phenoxy) is 1. The Morgan fingerprint density at radius 3 is 2.70 bits per heavy atom. The predicted octanol–water partition coefficient (Wildman–Crippen LogP) is 3.43. The Bertz CT molecular complexity index is 662. The Kier molecular flexibility index (Phi) is 4.24. The first-order valence-corrected chi connectivity index (χ1v) is 6.50. The molecule has 0 fully saturated rings. The van der Waals surface area contributed by atoms with Crippen molar-refractivity contribution in [2.45, 2.75) is 0 Å². The highest BCUT2D eigenvalue weighted by Crippen LogP contribution is 2.26. The number of nitrogens with two attached hydrogens (primary N) is 1. The van der Waals surface area contributed by atoms with E-state index in [2.05, 4.69) is 21.2 Å². The number of halogens is 2. The zero-order valence-corrected chi connectivity index (χ0v) is 12.2. The van der Waals surface area contributed by atoms with Crippen molar-refractivity contribution in [2.75, 3.05) is 18.2 Å². The number of nitrogens with one attached hydrogen (secondary N) is 1. The number of carbonyl (C=O) groups is 1. The Morgan fingerprint density at radius 2 is 2.05 bits per heavy atom. The highest BCUT2D eigenvalue weighted by Gasteiger charge is 2.11. The lowest BCUT2D eigenvalue weighted by Crippen LogP contribution is -2.13. The molecule has 0 aliphatic heterocycles. The van der Waals surface area contributed by atoms with Crippen LogP contribution in [0.1, 0.15) is 10.4 Å². The Balaban J connectivity index is 2.25. The predicted molar refractivity (Wildman–Crippen MR) is 79.5 cm³/mol. The second-order valence-electron chi connectivity index (χ2n) is 4.04. The van der Waals surface area contributed by atoms with Crippen LogP contribution in [0.3, 0.4) is 0 Å². The molecule has 20 heavy (non-hydrogen) atoms. The van der Waals surface area contributed by atoms with E-state index in [1.54, 1.807) is 18.2 Å². The number of carbonyl (C=O) groups excluding carboxylic acids is 1. The topological polar surface area (TPSA) is 64.3 Å². The fourth-order valence-electron chi connectivity index (χ4n) is 1.63. The van der Waals surface area contributed by atoms with Crippen molar-refractivity contribution in [1.82, 2.24) is 0 Å². The third-order valence-corrected chi connectivity index (χ3v) is 3.36. The summed E-state index contributed by atoms with van der Waals surface area (Å²) in [4.78, 5) is 12.1. The Hall–Kier alpha value is -2.08. The summed E-state index contributed by atoms with van der Waals surface area (Å²) in [6.07, 6.45) is 0. The van der Waals surface area contributed by atoms with E-state index in [-0.39, 0.29) is 11.7 Å². The van der Waals surface area contributed by atoms with Crippen molar-refractivity contribution in [3.8, 4) is 5.75 Å². The van der Waals surface area contributed by atoms with Crippen molar-refractivity contribution in [1.29, 1.82) is 0 Å². The van der Waals surface area contributed by atoms with Crippen LogP contribution in [0, 0.1) is 5.82 Å². The van der Waals surface area contributed by atoms with Crippen LogP contribution < -0.4 is 15.8 Å². The summed E-state index contributed by atoms with van der Waals surface area (Å²) in [7, 11) is 1.41. The summed E-state index contributed by atoms with van der Waals surface area (Å²) in [5, 5.41) is 2.66. The second kappa shape index (κ2) is 5.92. The number of methoxy groups -OCH3 is 1.